The second-order valence-electron chi connectivity index (χ2n) is 21.1. The van der Waals surface area contributed by atoms with Crippen molar-refractivity contribution in [3.8, 4) is 0 Å². The minimum atomic E-state index is -2.40. The Morgan fingerprint density at radius 3 is 1.19 bits per heavy atom. The van der Waals surface area contributed by atoms with Gasteiger partial charge in [0.1, 0.15) is 171 Å². The van der Waals surface area contributed by atoms with E-state index in [9.17, 15) is 117 Å². The molecular weight excluding hydrogens is 1160 g/mol. The molecule has 7 saturated heterocycles. The zero-order valence-corrected chi connectivity index (χ0v) is 44.7. The first-order valence-corrected chi connectivity index (χ1v) is 26.6. The Kier molecular flexibility index (Phi) is 24.6. The number of rotatable bonds is 21. The number of aliphatic hydroxyl groups is 21. The highest BCUT2D eigenvalue weighted by atomic mass is 16.8. The van der Waals surface area contributed by atoms with Gasteiger partial charge in [-0.2, -0.15) is 0 Å². The third-order valence-electron chi connectivity index (χ3n) is 15.3. The molecule has 84 heavy (non-hydrogen) atoms. The van der Waals surface area contributed by atoms with Gasteiger partial charge in [0.25, 0.3) is 0 Å². The third-order valence-corrected chi connectivity index (χ3v) is 15.3. The Morgan fingerprint density at radius 1 is 0.310 bits per heavy atom. The average molecular weight is 1240 g/mol. The summed E-state index contributed by atoms with van der Waals surface area (Å²) in [6.07, 6.45) is -66.4. The van der Waals surface area contributed by atoms with Crippen LogP contribution in [0.25, 0.3) is 0 Å². The van der Waals surface area contributed by atoms with Crippen LogP contribution in [0.3, 0.4) is 0 Å². The Balaban J connectivity index is 1.22. The molecule has 0 aliphatic carbocycles. The van der Waals surface area contributed by atoms with Crippen LogP contribution in [0.5, 0.6) is 0 Å². The Hall–Kier alpha value is -2.42. The SMILES string of the molecule is CC(=O)N[C@H]1[C@@H](O[C@H]2[C@@H](O[C@H]3[C@@H](O[C@@H]4[C@@H](O)[C@@H](O)O[C@H](CO[C@H]5O[C@H](CO)[C@H](O)[C@H](O)[C@H]5O)[C@H]4O)O[C@H](CO)[C@@H](O)[C@H]3O)O[C@H](CO)[C@@H](O[C@@H]3O[C@H](CO)[C@H](O)[C@H](O[C@@H]4O[C@H](CO)[C@H](O)[C@H](O)[C@H]4O)[C@H]3NC(C)=O)[C@@H]2O)O[C@H](CO)[C@@H](O)[C@@H]1O. The topological polar surface area (TPSA) is 603 Å². The summed E-state index contributed by atoms with van der Waals surface area (Å²) < 4.78 is 75.3. The fourth-order valence-electron chi connectivity index (χ4n) is 10.7. The monoisotopic (exact) mass is 1230 g/mol. The Bertz CT molecular complexity index is 2060. The minimum absolute atomic E-state index is 0.854. The van der Waals surface area contributed by atoms with Gasteiger partial charge in [0.15, 0.2) is 44.0 Å². The van der Waals surface area contributed by atoms with Crippen molar-refractivity contribution in [3.63, 3.8) is 0 Å². The smallest absolute Gasteiger partial charge is 0.217 e. The summed E-state index contributed by atoms with van der Waals surface area (Å²) in [6.45, 7) is -5.06. The van der Waals surface area contributed by atoms with E-state index in [1.165, 1.54) is 0 Å². The van der Waals surface area contributed by atoms with Gasteiger partial charge in [0.05, 0.1) is 46.2 Å². The lowest BCUT2D eigenvalue weighted by atomic mass is 9.94. The molecule has 23 N–H and O–H groups in total. The lowest BCUT2D eigenvalue weighted by Gasteiger charge is -2.52. The van der Waals surface area contributed by atoms with Gasteiger partial charge >= 0.3 is 0 Å². The summed E-state index contributed by atoms with van der Waals surface area (Å²) in [5.74, 6) is -1.77. The number of hydrogen-bond acceptors (Lipinski definition) is 36. The van der Waals surface area contributed by atoms with Gasteiger partial charge in [-0.05, 0) is 0 Å². The van der Waals surface area contributed by atoms with E-state index in [-0.39, 0.29) is 0 Å². The van der Waals surface area contributed by atoms with Crippen molar-refractivity contribution >= 4 is 11.8 Å². The van der Waals surface area contributed by atoms with Crippen LogP contribution in [0.15, 0.2) is 0 Å². The normalized spacial score (nSPS) is 50.3. The van der Waals surface area contributed by atoms with E-state index in [1.54, 1.807) is 0 Å². The molecule has 0 bridgehead atoms. The second kappa shape index (κ2) is 29.9. The maximum absolute atomic E-state index is 12.8. The van der Waals surface area contributed by atoms with Crippen LogP contribution in [0.2, 0.25) is 0 Å². The molecule has 0 unspecified atom stereocenters. The molecule has 0 aromatic carbocycles. The molecule has 0 radical (unpaired) electrons. The zero-order chi connectivity index (χ0) is 61.9. The number of aliphatic hydroxyl groups excluding tert-OH is 21. The molecule has 38 heteroatoms. The highest BCUT2D eigenvalue weighted by Crippen LogP contribution is 2.38. The highest BCUT2D eigenvalue weighted by molar-refractivity contribution is 5.73. The molecule has 0 saturated carbocycles. The second-order valence-corrected chi connectivity index (χ2v) is 21.1. The summed E-state index contributed by atoms with van der Waals surface area (Å²) in [5, 5.41) is 231. The molecule has 0 aromatic rings. The van der Waals surface area contributed by atoms with E-state index in [2.05, 4.69) is 10.6 Å². The number of hydrogen-bond donors (Lipinski definition) is 23. The minimum Gasteiger partial charge on any atom is -0.394 e. The van der Waals surface area contributed by atoms with Crippen LogP contribution in [-0.4, -0.2) is 380 Å². The molecular formula is C46H78N2O36. The van der Waals surface area contributed by atoms with Gasteiger partial charge in [-0.3, -0.25) is 9.59 Å². The highest BCUT2D eigenvalue weighted by Gasteiger charge is 2.59. The van der Waals surface area contributed by atoms with E-state index in [1.807, 2.05) is 0 Å². The van der Waals surface area contributed by atoms with Gasteiger partial charge in [0.2, 0.25) is 11.8 Å². The van der Waals surface area contributed by atoms with E-state index in [0.717, 1.165) is 13.8 Å². The average Bonchev–Trinajstić information content (AvgIpc) is 2.91. The van der Waals surface area contributed by atoms with Crippen molar-refractivity contribution < 1.29 is 178 Å². The van der Waals surface area contributed by atoms with Crippen LogP contribution in [-0.2, 0) is 71.2 Å². The van der Waals surface area contributed by atoms with Gasteiger partial charge in [-0.1, -0.05) is 0 Å². The number of amides is 2. The lowest BCUT2D eigenvalue weighted by Crippen LogP contribution is -2.71. The first-order chi connectivity index (χ1) is 39.7. The molecule has 7 aliphatic rings. The van der Waals surface area contributed by atoms with Crippen LogP contribution in [0.4, 0.5) is 0 Å². The van der Waals surface area contributed by atoms with Crippen molar-refractivity contribution in [2.24, 2.45) is 0 Å². The third kappa shape index (κ3) is 14.7. The zero-order valence-electron chi connectivity index (χ0n) is 44.7. The molecule has 7 heterocycles. The number of carbonyl (C=O) groups excluding carboxylic acids is 2. The van der Waals surface area contributed by atoms with Gasteiger partial charge in [0, 0.05) is 13.8 Å². The fourth-order valence-corrected chi connectivity index (χ4v) is 10.7. The van der Waals surface area contributed by atoms with E-state index in [4.69, 9.17) is 61.6 Å². The Labute approximate surface area is 475 Å². The molecule has 7 aliphatic heterocycles. The molecule has 7 rings (SSSR count). The van der Waals surface area contributed by atoms with Crippen LogP contribution in [0.1, 0.15) is 13.8 Å². The van der Waals surface area contributed by atoms with Crippen molar-refractivity contribution in [1.82, 2.24) is 10.6 Å². The maximum atomic E-state index is 12.8. The summed E-state index contributed by atoms with van der Waals surface area (Å²) in [7, 11) is 0. The van der Waals surface area contributed by atoms with Crippen molar-refractivity contribution in [1.29, 1.82) is 0 Å². The molecule has 488 valence electrons. The van der Waals surface area contributed by atoms with Gasteiger partial charge < -0.3 is 179 Å². The quantitative estimate of drug-likeness (QED) is 0.0507. The summed E-state index contributed by atoms with van der Waals surface area (Å²) in [6, 6.07) is -3.64. The standard InChI is InChI=1S/C46H78N2O36/c1-10(55)47-19-27(63)21(57)12(3-49)74-41(19)83-39-33(69)35(80-42-20(48-11(2)56)36(25(61)16(7-53)75-42)81-44-32(68)29(65)23(59)14(5-51)77-44)17(8-54)79-46(39)84-38-30(66)24(60)15(6-52)78-45(38)82-37-26(62)18(73-40(71)34(37)70)9-72-43-31(67)28(64)22(58)13(4-50)76-43/h12-46,49-54,57-71H,3-9H2,1-2H3,(H,47,55)(H,48,56)/t12-,13-,14-,15-,16-,17-,18-,19-,20-,21-,22+,23+,24-,25+,26-,27-,28+,29+,30-,31-,32-,33+,34-,35-,36-,37+,38-,39-,40+,41-,42+,43+,44+,45-,46-/m1/s1. The number of nitrogens with one attached hydrogen (secondary N) is 2. The summed E-state index contributed by atoms with van der Waals surface area (Å²) in [4.78, 5) is 25.4. The maximum Gasteiger partial charge on any atom is 0.217 e. The predicted molar refractivity (Wildman–Crippen MR) is 255 cm³/mol. The molecule has 0 aromatic heterocycles. The number of carbonyl (C=O) groups is 2. The van der Waals surface area contributed by atoms with Crippen molar-refractivity contribution in [2.75, 3.05) is 46.2 Å². The predicted octanol–water partition coefficient (Wildman–Crippen LogP) is -16.0. The molecule has 38 nitrogen and oxygen atoms in total. The molecule has 0 spiro atoms. The van der Waals surface area contributed by atoms with Gasteiger partial charge in [-0.25, -0.2) is 0 Å². The van der Waals surface area contributed by atoms with E-state index < -0.39 is 273 Å². The largest absolute Gasteiger partial charge is 0.394 e. The summed E-state index contributed by atoms with van der Waals surface area (Å²) >= 11 is 0. The van der Waals surface area contributed by atoms with Gasteiger partial charge in [-0.15, -0.1) is 0 Å². The van der Waals surface area contributed by atoms with Crippen LogP contribution < -0.4 is 10.6 Å². The number of ether oxygens (including phenoxy) is 13. The molecule has 2 amide bonds. The first kappa shape index (κ1) is 69.1. The van der Waals surface area contributed by atoms with Crippen LogP contribution in [0, 0.1) is 0 Å². The van der Waals surface area contributed by atoms with E-state index in [0.29, 0.717) is 0 Å². The Morgan fingerprint density at radius 2 is 0.667 bits per heavy atom. The van der Waals surface area contributed by atoms with Crippen LogP contribution >= 0.6 is 0 Å². The summed E-state index contributed by atoms with van der Waals surface area (Å²) in [5.41, 5.74) is 0. The van der Waals surface area contributed by atoms with Crippen molar-refractivity contribution in [2.45, 2.75) is 229 Å². The lowest BCUT2D eigenvalue weighted by molar-refractivity contribution is -0.408. The molecule has 7 fully saturated rings. The fraction of sp³-hybridized carbons (Fsp3) is 0.957. The first-order valence-electron chi connectivity index (χ1n) is 26.6. The van der Waals surface area contributed by atoms with Crippen molar-refractivity contribution in [3.05, 3.63) is 0 Å². The molecule has 35 atom stereocenters. The van der Waals surface area contributed by atoms with E-state index >= 15 is 0 Å².